The lowest BCUT2D eigenvalue weighted by Gasteiger charge is -2.08. The van der Waals surface area contributed by atoms with Crippen molar-refractivity contribution in [2.75, 3.05) is 34.6 Å². The largest absolute Gasteiger partial charge is 0.397 e. The van der Waals surface area contributed by atoms with Crippen LogP contribution >= 0.6 is 11.8 Å². The molecule has 7 heteroatoms. The topological polar surface area (TPSA) is 89.3 Å². The fourth-order valence-corrected chi connectivity index (χ4v) is 3.44. The number of carbonyl (C=O) groups excluding carboxylic acids is 1. The number of sulfone groups is 1. The molecule has 0 fully saturated rings. The molecule has 1 amide bonds. The van der Waals surface area contributed by atoms with Gasteiger partial charge in [0, 0.05) is 12.0 Å². The minimum Gasteiger partial charge on any atom is -0.397 e. The zero-order valence-electron chi connectivity index (χ0n) is 11.0. The smallest absolute Gasteiger partial charge is 0.234 e. The van der Waals surface area contributed by atoms with Gasteiger partial charge < -0.3 is 11.1 Å². The predicted molar refractivity (Wildman–Crippen MR) is 81.3 cm³/mol. The van der Waals surface area contributed by atoms with Crippen molar-refractivity contribution in [3.63, 3.8) is 0 Å². The maximum absolute atomic E-state index is 11.6. The fourth-order valence-electron chi connectivity index (χ4n) is 1.36. The zero-order valence-corrected chi connectivity index (χ0v) is 12.6. The normalized spacial score (nSPS) is 11.3. The third-order valence-corrected chi connectivity index (χ3v) is 4.48. The Kier molecular flexibility index (Phi) is 5.68. The molecule has 0 aliphatic rings. The second kappa shape index (κ2) is 6.81. The predicted octanol–water partition coefficient (Wildman–Crippen LogP) is 1.29. The summed E-state index contributed by atoms with van der Waals surface area (Å²) in [7, 11) is -2.96. The van der Waals surface area contributed by atoms with Crippen LogP contribution in [0.15, 0.2) is 18.2 Å². The Hall–Kier alpha value is -1.21. The Morgan fingerprint density at radius 1 is 1.42 bits per heavy atom. The Morgan fingerprint density at radius 3 is 2.68 bits per heavy atom. The van der Waals surface area contributed by atoms with Crippen molar-refractivity contribution in [1.82, 2.24) is 0 Å². The van der Waals surface area contributed by atoms with Crippen LogP contribution in [0.25, 0.3) is 0 Å². The first-order valence-electron chi connectivity index (χ1n) is 5.69. The van der Waals surface area contributed by atoms with Gasteiger partial charge in [0.15, 0.2) is 0 Å². The van der Waals surface area contributed by atoms with Crippen LogP contribution in [-0.4, -0.2) is 37.8 Å². The van der Waals surface area contributed by atoms with Crippen LogP contribution < -0.4 is 11.1 Å². The number of nitrogen functional groups attached to an aromatic ring is 1. The van der Waals surface area contributed by atoms with Crippen molar-refractivity contribution < 1.29 is 13.2 Å². The van der Waals surface area contributed by atoms with E-state index >= 15 is 0 Å². The molecule has 19 heavy (non-hydrogen) atoms. The number of nitrogens with one attached hydrogen (secondary N) is 1. The second-order valence-corrected chi connectivity index (χ2v) is 7.69. The Morgan fingerprint density at radius 2 is 2.11 bits per heavy atom. The van der Waals surface area contributed by atoms with Crippen molar-refractivity contribution >= 4 is 38.9 Å². The Balaban J connectivity index is 2.39. The molecule has 0 atom stereocenters. The summed E-state index contributed by atoms with van der Waals surface area (Å²) < 4.78 is 21.8. The number of hydrogen-bond acceptors (Lipinski definition) is 5. The van der Waals surface area contributed by atoms with Gasteiger partial charge in [0.25, 0.3) is 0 Å². The van der Waals surface area contributed by atoms with Gasteiger partial charge in [-0.1, -0.05) is 6.07 Å². The van der Waals surface area contributed by atoms with Crippen LogP contribution in [-0.2, 0) is 14.6 Å². The number of anilines is 2. The molecule has 0 heterocycles. The van der Waals surface area contributed by atoms with E-state index in [-0.39, 0.29) is 17.4 Å². The minimum absolute atomic E-state index is 0.0810. The summed E-state index contributed by atoms with van der Waals surface area (Å²) in [5, 5.41) is 2.70. The molecule has 0 aliphatic carbocycles. The highest BCUT2D eigenvalue weighted by atomic mass is 32.2. The van der Waals surface area contributed by atoms with Crippen LogP contribution in [0.1, 0.15) is 5.56 Å². The number of amides is 1. The van der Waals surface area contributed by atoms with E-state index in [1.165, 1.54) is 18.0 Å². The lowest BCUT2D eigenvalue weighted by molar-refractivity contribution is -0.113. The summed E-state index contributed by atoms with van der Waals surface area (Å²) in [6.45, 7) is 1.92. The second-order valence-electron chi connectivity index (χ2n) is 4.32. The SMILES string of the molecule is Cc1ccc(NC(=O)CSCCS(C)(=O)=O)c(N)c1. The van der Waals surface area contributed by atoms with Crippen LogP contribution in [0.2, 0.25) is 0 Å². The number of hydrogen-bond donors (Lipinski definition) is 2. The third kappa shape index (κ3) is 6.49. The van der Waals surface area contributed by atoms with Crippen molar-refractivity contribution in [1.29, 1.82) is 0 Å². The van der Waals surface area contributed by atoms with Gasteiger partial charge in [0.05, 0.1) is 22.9 Å². The first kappa shape index (κ1) is 15.8. The Bertz CT molecular complexity index is 556. The maximum Gasteiger partial charge on any atom is 0.234 e. The van der Waals surface area contributed by atoms with Crippen LogP contribution in [0.4, 0.5) is 11.4 Å². The number of benzene rings is 1. The van der Waals surface area contributed by atoms with E-state index in [9.17, 15) is 13.2 Å². The highest BCUT2D eigenvalue weighted by Crippen LogP contribution is 2.19. The Labute approximate surface area is 117 Å². The highest BCUT2D eigenvalue weighted by molar-refractivity contribution is 8.01. The average Bonchev–Trinajstić information content (AvgIpc) is 2.27. The monoisotopic (exact) mass is 302 g/mol. The summed E-state index contributed by atoms with van der Waals surface area (Å²) in [6, 6.07) is 5.40. The van der Waals surface area contributed by atoms with Gasteiger partial charge in [-0.2, -0.15) is 11.8 Å². The lowest BCUT2D eigenvalue weighted by atomic mass is 10.2. The van der Waals surface area contributed by atoms with E-state index in [2.05, 4.69) is 5.32 Å². The van der Waals surface area contributed by atoms with Crippen molar-refractivity contribution in [3.05, 3.63) is 23.8 Å². The summed E-state index contributed by atoms with van der Waals surface area (Å²) in [5.74, 6) is 0.518. The van der Waals surface area contributed by atoms with Crippen molar-refractivity contribution in [2.24, 2.45) is 0 Å². The van der Waals surface area contributed by atoms with Gasteiger partial charge in [-0.15, -0.1) is 0 Å². The minimum atomic E-state index is -2.96. The van der Waals surface area contributed by atoms with Gasteiger partial charge in [-0.05, 0) is 24.6 Å². The molecule has 1 aromatic carbocycles. The molecule has 0 saturated heterocycles. The van der Waals surface area contributed by atoms with Crippen LogP contribution in [0, 0.1) is 6.92 Å². The van der Waals surface area contributed by atoms with Gasteiger partial charge in [0.1, 0.15) is 9.84 Å². The van der Waals surface area contributed by atoms with E-state index in [4.69, 9.17) is 5.73 Å². The van der Waals surface area contributed by atoms with Crippen LogP contribution in [0.5, 0.6) is 0 Å². The van der Waals surface area contributed by atoms with E-state index < -0.39 is 9.84 Å². The summed E-state index contributed by atoms with van der Waals surface area (Å²) in [4.78, 5) is 11.6. The zero-order chi connectivity index (χ0) is 14.5. The molecule has 5 nitrogen and oxygen atoms in total. The number of nitrogens with two attached hydrogens (primary N) is 1. The molecule has 106 valence electrons. The lowest BCUT2D eigenvalue weighted by Crippen LogP contribution is -2.16. The molecule has 0 radical (unpaired) electrons. The first-order chi connectivity index (χ1) is 8.78. The molecule has 1 rings (SSSR count). The molecule has 0 spiro atoms. The average molecular weight is 302 g/mol. The molecule has 0 saturated carbocycles. The first-order valence-corrected chi connectivity index (χ1v) is 8.91. The summed E-state index contributed by atoms with van der Waals surface area (Å²) >= 11 is 1.28. The van der Waals surface area contributed by atoms with Gasteiger partial charge in [-0.3, -0.25) is 4.79 Å². The molecule has 0 aromatic heterocycles. The van der Waals surface area contributed by atoms with E-state index in [1.54, 1.807) is 12.1 Å². The van der Waals surface area contributed by atoms with Crippen LogP contribution in [0.3, 0.4) is 0 Å². The van der Waals surface area contributed by atoms with Gasteiger partial charge in [-0.25, -0.2) is 8.42 Å². The molecular formula is C12H18N2O3S2. The number of rotatable bonds is 6. The molecule has 0 aliphatic heterocycles. The van der Waals surface area contributed by atoms with Crippen molar-refractivity contribution in [3.8, 4) is 0 Å². The maximum atomic E-state index is 11.6. The standard InChI is InChI=1S/C12H18N2O3S2/c1-9-3-4-11(10(13)7-9)14-12(15)8-18-5-6-19(2,16)17/h3-4,7H,5-6,8,13H2,1-2H3,(H,14,15). The fraction of sp³-hybridized carbons (Fsp3) is 0.417. The number of aryl methyl sites for hydroxylation is 1. The molecular weight excluding hydrogens is 284 g/mol. The van der Waals surface area contributed by atoms with Crippen molar-refractivity contribution in [2.45, 2.75) is 6.92 Å². The highest BCUT2D eigenvalue weighted by Gasteiger charge is 2.07. The third-order valence-electron chi connectivity index (χ3n) is 2.31. The molecule has 3 N–H and O–H groups in total. The summed E-state index contributed by atoms with van der Waals surface area (Å²) in [5.41, 5.74) is 7.91. The quantitative estimate of drug-likeness (QED) is 0.610. The molecule has 1 aromatic rings. The van der Waals surface area contributed by atoms with Gasteiger partial charge >= 0.3 is 0 Å². The molecule has 0 unspecified atom stereocenters. The van der Waals surface area contributed by atoms with E-state index in [1.807, 2.05) is 13.0 Å². The summed E-state index contributed by atoms with van der Waals surface area (Å²) in [6.07, 6.45) is 1.18. The van der Waals surface area contributed by atoms with Gasteiger partial charge in [0.2, 0.25) is 5.91 Å². The number of carbonyl (C=O) groups is 1. The molecule has 0 bridgehead atoms. The van der Waals surface area contributed by atoms with E-state index in [0.29, 0.717) is 17.1 Å². The number of thioether (sulfide) groups is 1. The van der Waals surface area contributed by atoms with E-state index in [0.717, 1.165) is 5.56 Å².